The van der Waals surface area contributed by atoms with Crippen molar-refractivity contribution in [3.63, 3.8) is 0 Å². The molecule has 2 atom stereocenters. The number of aliphatic hydroxyl groups is 1. The molecular formula is C16H21NO2. The first-order valence-electron chi connectivity index (χ1n) is 6.60. The Balaban J connectivity index is 2.40. The van der Waals surface area contributed by atoms with Crippen molar-refractivity contribution >= 4 is 10.8 Å². The Morgan fingerprint density at radius 3 is 2.47 bits per heavy atom. The molecule has 0 heterocycles. The maximum Gasteiger partial charge on any atom is 0.119 e. The molecule has 19 heavy (non-hydrogen) atoms. The average molecular weight is 259 g/mol. The Hall–Kier alpha value is -1.58. The third kappa shape index (κ3) is 3.06. The molecule has 0 bridgehead atoms. The number of methoxy groups -OCH3 is 1. The van der Waals surface area contributed by atoms with Gasteiger partial charge in [0.25, 0.3) is 0 Å². The zero-order valence-electron chi connectivity index (χ0n) is 11.5. The van der Waals surface area contributed by atoms with Gasteiger partial charge in [-0.3, -0.25) is 0 Å². The summed E-state index contributed by atoms with van der Waals surface area (Å²) in [7, 11) is 1.67. The molecule has 0 spiro atoms. The van der Waals surface area contributed by atoms with E-state index in [2.05, 4.69) is 24.3 Å². The van der Waals surface area contributed by atoms with Crippen molar-refractivity contribution in [2.45, 2.75) is 25.3 Å². The van der Waals surface area contributed by atoms with Gasteiger partial charge in [-0.1, -0.05) is 24.3 Å². The van der Waals surface area contributed by atoms with E-state index in [1.54, 1.807) is 7.11 Å². The summed E-state index contributed by atoms with van der Waals surface area (Å²) < 4.78 is 5.22. The SMILES string of the molecule is COc1ccc2cc(C(CCO)C(C)N)ccc2c1. The molecule has 0 amide bonds. The summed E-state index contributed by atoms with van der Waals surface area (Å²) >= 11 is 0. The van der Waals surface area contributed by atoms with Crippen LogP contribution in [0, 0.1) is 0 Å². The molecule has 3 nitrogen and oxygen atoms in total. The number of rotatable bonds is 5. The van der Waals surface area contributed by atoms with Gasteiger partial charge >= 0.3 is 0 Å². The summed E-state index contributed by atoms with van der Waals surface area (Å²) in [5.41, 5.74) is 7.20. The molecule has 0 fully saturated rings. The molecule has 0 aliphatic heterocycles. The Morgan fingerprint density at radius 1 is 1.16 bits per heavy atom. The second-order valence-electron chi connectivity index (χ2n) is 4.95. The standard InChI is InChI=1S/C16H21NO2/c1-11(17)16(7-8-18)14-4-3-13-10-15(19-2)6-5-12(13)9-14/h3-6,9-11,16,18H,7-8,17H2,1-2H3. The lowest BCUT2D eigenvalue weighted by Gasteiger charge is -2.20. The maximum atomic E-state index is 9.16. The zero-order valence-corrected chi connectivity index (χ0v) is 11.5. The van der Waals surface area contributed by atoms with Gasteiger partial charge in [-0.05, 0) is 41.8 Å². The minimum atomic E-state index is 0.0304. The fraction of sp³-hybridized carbons (Fsp3) is 0.375. The van der Waals surface area contributed by atoms with Crippen LogP contribution < -0.4 is 10.5 Å². The molecule has 2 aromatic carbocycles. The van der Waals surface area contributed by atoms with Gasteiger partial charge in [-0.2, -0.15) is 0 Å². The molecule has 3 heteroatoms. The van der Waals surface area contributed by atoms with Crippen molar-refractivity contribution in [3.8, 4) is 5.75 Å². The normalized spacial score (nSPS) is 14.3. The van der Waals surface area contributed by atoms with Crippen LogP contribution in [0.4, 0.5) is 0 Å². The van der Waals surface area contributed by atoms with Crippen molar-refractivity contribution in [1.82, 2.24) is 0 Å². The zero-order chi connectivity index (χ0) is 13.8. The van der Waals surface area contributed by atoms with Gasteiger partial charge in [-0.15, -0.1) is 0 Å². The monoisotopic (exact) mass is 259 g/mol. The molecule has 0 saturated heterocycles. The molecule has 2 aromatic rings. The van der Waals surface area contributed by atoms with Gasteiger partial charge in [0.2, 0.25) is 0 Å². The van der Waals surface area contributed by atoms with E-state index in [9.17, 15) is 0 Å². The minimum absolute atomic E-state index is 0.0304. The lowest BCUT2D eigenvalue weighted by atomic mass is 9.89. The molecule has 0 radical (unpaired) electrons. The minimum Gasteiger partial charge on any atom is -0.497 e. The smallest absolute Gasteiger partial charge is 0.119 e. The fourth-order valence-corrected chi connectivity index (χ4v) is 2.47. The summed E-state index contributed by atoms with van der Waals surface area (Å²) in [5, 5.41) is 11.5. The molecule has 0 aromatic heterocycles. The van der Waals surface area contributed by atoms with E-state index < -0.39 is 0 Å². The van der Waals surface area contributed by atoms with Gasteiger partial charge in [0, 0.05) is 18.6 Å². The predicted molar refractivity (Wildman–Crippen MR) is 78.6 cm³/mol. The van der Waals surface area contributed by atoms with E-state index >= 15 is 0 Å². The quantitative estimate of drug-likeness (QED) is 0.868. The molecule has 0 aliphatic rings. The first-order chi connectivity index (χ1) is 9.15. The predicted octanol–water partition coefficient (Wildman–Crippen LogP) is 2.66. The van der Waals surface area contributed by atoms with Crippen LogP contribution in [0.2, 0.25) is 0 Å². The Labute approximate surface area is 114 Å². The third-order valence-corrected chi connectivity index (χ3v) is 3.57. The van der Waals surface area contributed by atoms with Crippen LogP contribution in [0.3, 0.4) is 0 Å². The van der Waals surface area contributed by atoms with E-state index in [4.69, 9.17) is 15.6 Å². The first kappa shape index (κ1) is 13.8. The van der Waals surface area contributed by atoms with E-state index in [1.165, 1.54) is 10.9 Å². The Morgan fingerprint density at radius 2 is 1.84 bits per heavy atom. The van der Waals surface area contributed by atoms with Gasteiger partial charge in [0.15, 0.2) is 0 Å². The number of benzene rings is 2. The highest BCUT2D eigenvalue weighted by Gasteiger charge is 2.16. The second-order valence-corrected chi connectivity index (χ2v) is 4.95. The van der Waals surface area contributed by atoms with E-state index in [0.717, 1.165) is 11.1 Å². The van der Waals surface area contributed by atoms with E-state index in [-0.39, 0.29) is 18.6 Å². The molecule has 0 saturated carbocycles. The largest absolute Gasteiger partial charge is 0.497 e. The number of hydrogen-bond acceptors (Lipinski definition) is 3. The highest BCUT2D eigenvalue weighted by Crippen LogP contribution is 2.28. The molecule has 0 aliphatic carbocycles. The van der Waals surface area contributed by atoms with Crippen LogP contribution in [0.15, 0.2) is 36.4 Å². The lowest BCUT2D eigenvalue weighted by molar-refractivity contribution is 0.269. The molecule has 2 rings (SSSR count). The summed E-state index contributed by atoms with van der Waals surface area (Å²) in [6.07, 6.45) is 0.694. The van der Waals surface area contributed by atoms with Crippen molar-refractivity contribution < 1.29 is 9.84 Å². The number of fused-ring (bicyclic) bond motifs is 1. The number of aliphatic hydroxyl groups excluding tert-OH is 1. The lowest BCUT2D eigenvalue weighted by Crippen LogP contribution is -2.25. The molecule has 2 unspecified atom stereocenters. The Bertz CT molecular complexity index is 551. The number of ether oxygens (including phenoxy) is 1. The fourth-order valence-electron chi connectivity index (χ4n) is 2.47. The average Bonchev–Trinajstić information content (AvgIpc) is 2.43. The first-order valence-corrected chi connectivity index (χ1v) is 6.60. The van der Waals surface area contributed by atoms with Crippen LogP contribution in [0.1, 0.15) is 24.8 Å². The molecular weight excluding hydrogens is 238 g/mol. The van der Waals surface area contributed by atoms with Gasteiger partial charge in [0.05, 0.1) is 7.11 Å². The molecule has 3 N–H and O–H groups in total. The van der Waals surface area contributed by atoms with Crippen LogP contribution >= 0.6 is 0 Å². The van der Waals surface area contributed by atoms with Crippen molar-refractivity contribution in [3.05, 3.63) is 42.0 Å². The summed E-state index contributed by atoms with van der Waals surface area (Å²) in [5.74, 6) is 1.05. The second kappa shape index (κ2) is 6.04. The van der Waals surface area contributed by atoms with Crippen molar-refractivity contribution in [2.75, 3.05) is 13.7 Å². The van der Waals surface area contributed by atoms with Crippen molar-refractivity contribution in [1.29, 1.82) is 0 Å². The van der Waals surface area contributed by atoms with Gasteiger partial charge in [0.1, 0.15) is 5.75 Å². The van der Waals surface area contributed by atoms with Gasteiger partial charge in [-0.25, -0.2) is 0 Å². The van der Waals surface area contributed by atoms with Crippen LogP contribution in [0.25, 0.3) is 10.8 Å². The number of nitrogens with two attached hydrogens (primary N) is 1. The third-order valence-electron chi connectivity index (χ3n) is 3.57. The summed E-state index contributed by atoms with van der Waals surface area (Å²) in [6.45, 7) is 2.14. The highest BCUT2D eigenvalue weighted by molar-refractivity contribution is 5.84. The highest BCUT2D eigenvalue weighted by atomic mass is 16.5. The van der Waals surface area contributed by atoms with Crippen LogP contribution in [-0.2, 0) is 0 Å². The van der Waals surface area contributed by atoms with Crippen LogP contribution in [0.5, 0.6) is 5.75 Å². The van der Waals surface area contributed by atoms with Crippen LogP contribution in [-0.4, -0.2) is 24.9 Å². The Kier molecular flexibility index (Phi) is 4.40. The van der Waals surface area contributed by atoms with E-state index in [0.29, 0.717) is 6.42 Å². The summed E-state index contributed by atoms with van der Waals surface area (Å²) in [4.78, 5) is 0. The topological polar surface area (TPSA) is 55.5 Å². The van der Waals surface area contributed by atoms with E-state index in [1.807, 2.05) is 19.1 Å². The molecule has 102 valence electrons. The number of hydrogen-bond donors (Lipinski definition) is 2. The summed E-state index contributed by atoms with van der Waals surface area (Å²) in [6, 6.07) is 12.4. The van der Waals surface area contributed by atoms with Crippen molar-refractivity contribution in [2.24, 2.45) is 5.73 Å². The van der Waals surface area contributed by atoms with Gasteiger partial charge < -0.3 is 15.6 Å². The maximum absolute atomic E-state index is 9.16.